The van der Waals surface area contributed by atoms with Crippen molar-refractivity contribution >= 4 is 11.8 Å². The Morgan fingerprint density at radius 2 is 1.72 bits per heavy atom. The molecular weight excluding hydrogens is 318 g/mol. The third kappa shape index (κ3) is 5.96. The number of carbonyl (C=O) groups excluding carboxylic acids is 2. The second-order valence-electron chi connectivity index (χ2n) is 8.40. The van der Waals surface area contributed by atoms with Crippen LogP contribution in [0, 0.1) is 17.8 Å². The first kappa shape index (κ1) is 20.2. The lowest BCUT2D eigenvalue weighted by Gasteiger charge is -2.30. The number of nitrogens with zero attached hydrogens (tertiary/aromatic N) is 1. The van der Waals surface area contributed by atoms with Gasteiger partial charge in [-0.05, 0) is 58.2 Å². The zero-order valence-corrected chi connectivity index (χ0v) is 16.1. The van der Waals surface area contributed by atoms with E-state index >= 15 is 0 Å². The highest BCUT2D eigenvalue weighted by Gasteiger charge is 2.35. The molecule has 6 nitrogen and oxygen atoms in total. The minimum absolute atomic E-state index is 0.0160. The summed E-state index contributed by atoms with van der Waals surface area (Å²) in [6.45, 7) is 7.74. The average molecular weight is 354 g/mol. The summed E-state index contributed by atoms with van der Waals surface area (Å²) in [5.74, 6) is 0.254. The molecular formula is C19H35N3O3. The Hall–Kier alpha value is -1.14. The number of carbonyl (C=O) groups is 2. The van der Waals surface area contributed by atoms with Crippen LogP contribution in [-0.2, 0) is 9.59 Å². The summed E-state index contributed by atoms with van der Waals surface area (Å²) in [7, 11) is 2.11. The number of aliphatic hydroxyl groups excluding tert-OH is 1. The first-order chi connectivity index (χ1) is 11.8. The molecule has 0 aromatic carbocycles. The van der Waals surface area contributed by atoms with Gasteiger partial charge in [-0.25, -0.2) is 0 Å². The molecule has 1 saturated carbocycles. The predicted molar refractivity (Wildman–Crippen MR) is 97.9 cm³/mol. The molecule has 3 N–H and O–H groups in total. The van der Waals surface area contributed by atoms with Crippen molar-refractivity contribution < 1.29 is 14.7 Å². The molecule has 6 heteroatoms. The molecule has 1 saturated heterocycles. The Bertz CT molecular complexity index is 461. The average Bonchev–Trinajstić information content (AvgIpc) is 2.88. The van der Waals surface area contributed by atoms with Crippen molar-refractivity contribution in [3.63, 3.8) is 0 Å². The van der Waals surface area contributed by atoms with Gasteiger partial charge >= 0.3 is 0 Å². The number of aliphatic hydroxyl groups is 1. The zero-order chi connectivity index (χ0) is 18.6. The number of rotatable bonds is 6. The summed E-state index contributed by atoms with van der Waals surface area (Å²) in [6.07, 6.45) is 3.71. The van der Waals surface area contributed by atoms with Crippen LogP contribution in [0.5, 0.6) is 0 Å². The van der Waals surface area contributed by atoms with Gasteiger partial charge in [0.15, 0.2) is 0 Å². The van der Waals surface area contributed by atoms with Gasteiger partial charge < -0.3 is 20.6 Å². The molecule has 144 valence electrons. The molecule has 2 rings (SSSR count). The summed E-state index contributed by atoms with van der Waals surface area (Å²) >= 11 is 0. The Kier molecular flexibility index (Phi) is 7.25. The molecule has 0 bridgehead atoms. The van der Waals surface area contributed by atoms with E-state index in [2.05, 4.69) is 22.6 Å². The third-order valence-corrected chi connectivity index (χ3v) is 5.68. The zero-order valence-electron chi connectivity index (χ0n) is 16.1. The van der Waals surface area contributed by atoms with Gasteiger partial charge in [-0.15, -0.1) is 0 Å². The van der Waals surface area contributed by atoms with E-state index in [4.69, 9.17) is 0 Å². The molecule has 4 unspecified atom stereocenters. The van der Waals surface area contributed by atoms with Gasteiger partial charge in [0.1, 0.15) is 0 Å². The van der Waals surface area contributed by atoms with Crippen LogP contribution < -0.4 is 10.6 Å². The third-order valence-electron chi connectivity index (χ3n) is 5.68. The topological polar surface area (TPSA) is 81.7 Å². The van der Waals surface area contributed by atoms with Crippen molar-refractivity contribution in [2.75, 3.05) is 20.1 Å². The Balaban J connectivity index is 1.75. The normalized spacial score (nSPS) is 29.6. The van der Waals surface area contributed by atoms with Crippen molar-refractivity contribution in [1.29, 1.82) is 0 Å². The van der Waals surface area contributed by atoms with Gasteiger partial charge in [-0.2, -0.15) is 0 Å². The molecule has 25 heavy (non-hydrogen) atoms. The number of hydrogen-bond donors (Lipinski definition) is 3. The monoisotopic (exact) mass is 353 g/mol. The quantitative estimate of drug-likeness (QED) is 0.669. The molecule has 2 aliphatic rings. The van der Waals surface area contributed by atoms with E-state index in [-0.39, 0.29) is 35.6 Å². The van der Waals surface area contributed by atoms with Crippen molar-refractivity contribution in [2.24, 2.45) is 17.8 Å². The van der Waals surface area contributed by atoms with Crippen LogP contribution in [0.25, 0.3) is 0 Å². The van der Waals surface area contributed by atoms with Gasteiger partial charge in [0.2, 0.25) is 11.8 Å². The van der Waals surface area contributed by atoms with Crippen molar-refractivity contribution in [2.45, 2.75) is 71.1 Å². The minimum Gasteiger partial charge on any atom is -0.391 e. The van der Waals surface area contributed by atoms with E-state index in [9.17, 15) is 14.7 Å². The maximum absolute atomic E-state index is 12.5. The van der Waals surface area contributed by atoms with Crippen LogP contribution in [-0.4, -0.2) is 60.1 Å². The molecule has 0 aromatic heterocycles. The molecule has 0 aromatic rings. The van der Waals surface area contributed by atoms with Crippen LogP contribution in [0.4, 0.5) is 0 Å². The van der Waals surface area contributed by atoms with Gasteiger partial charge in [-0.1, -0.05) is 20.8 Å². The van der Waals surface area contributed by atoms with E-state index in [0.29, 0.717) is 12.5 Å². The second-order valence-corrected chi connectivity index (χ2v) is 8.40. The number of nitrogens with one attached hydrogen (secondary N) is 2. The van der Waals surface area contributed by atoms with E-state index in [0.717, 1.165) is 38.8 Å². The number of hydrogen-bond acceptors (Lipinski definition) is 4. The fraction of sp³-hybridized carbons (Fsp3) is 0.895. The largest absolute Gasteiger partial charge is 0.391 e. The fourth-order valence-corrected chi connectivity index (χ4v) is 3.92. The molecule has 1 aliphatic heterocycles. The number of amides is 2. The highest BCUT2D eigenvalue weighted by Crippen LogP contribution is 2.31. The molecule has 0 radical (unpaired) electrons. The molecule has 0 spiro atoms. The standard InChI is InChI=1S/C19H35N3O3/c1-12(2)18(24)21-16-10-14(11-17(16)23)9-13(3)19(25)20-15-5-7-22(4)8-6-15/h12-17,23H,5-11H2,1-4H3,(H,20,25)(H,21,24). The van der Waals surface area contributed by atoms with E-state index in [1.165, 1.54) is 0 Å². The van der Waals surface area contributed by atoms with Gasteiger partial charge in [-0.3, -0.25) is 9.59 Å². The highest BCUT2D eigenvalue weighted by molar-refractivity contribution is 5.79. The lowest BCUT2D eigenvalue weighted by atomic mass is 9.93. The maximum atomic E-state index is 12.5. The first-order valence-electron chi connectivity index (χ1n) is 9.73. The smallest absolute Gasteiger partial charge is 0.223 e. The van der Waals surface area contributed by atoms with Crippen molar-refractivity contribution in [1.82, 2.24) is 15.5 Å². The summed E-state index contributed by atoms with van der Waals surface area (Å²) in [4.78, 5) is 26.6. The molecule has 1 heterocycles. The summed E-state index contributed by atoms with van der Waals surface area (Å²) in [5.41, 5.74) is 0. The Morgan fingerprint density at radius 1 is 1.08 bits per heavy atom. The summed E-state index contributed by atoms with van der Waals surface area (Å²) in [5, 5.41) is 16.3. The fourth-order valence-electron chi connectivity index (χ4n) is 3.92. The van der Waals surface area contributed by atoms with Crippen LogP contribution in [0.15, 0.2) is 0 Å². The summed E-state index contributed by atoms with van der Waals surface area (Å²) in [6, 6.07) is 0.113. The Labute approximate surface area is 151 Å². The van der Waals surface area contributed by atoms with E-state index < -0.39 is 6.10 Å². The molecule has 2 fully saturated rings. The summed E-state index contributed by atoms with van der Waals surface area (Å²) < 4.78 is 0. The van der Waals surface area contributed by atoms with Crippen molar-refractivity contribution in [3.05, 3.63) is 0 Å². The maximum Gasteiger partial charge on any atom is 0.223 e. The predicted octanol–water partition coefficient (Wildman–Crippen LogP) is 1.13. The number of piperidine rings is 1. The lowest BCUT2D eigenvalue weighted by Crippen LogP contribution is -2.45. The van der Waals surface area contributed by atoms with Crippen molar-refractivity contribution in [3.8, 4) is 0 Å². The Morgan fingerprint density at radius 3 is 2.32 bits per heavy atom. The van der Waals surface area contributed by atoms with Gasteiger partial charge in [0.05, 0.1) is 12.1 Å². The van der Waals surface area contributed by atoms with Gasteiger partial charge in [0.25, 0.3) is 0 Å². The molecule has 4 atom stereocenters. The highest BCUT2D eigenvalue weighted by atomic mass is 16.3. The molecule has 2 amide bonds. The SMILES string of the molecule is CC(C)C(=O)NC1CC(CC(C)C(=O)NC2CCN(C)CC2)CC1O. The van der Waals surface area contributed by atoms with Crippen LogP contribution >= 0.6 is 0 Å². The van der Waals surface area contributed by atoms with Crippen LogP contribution in [0.3, 0.4) is 0 Å². The van der Waals surface area contributed by atoms with Crippen LogP contribution in [0.1, 0.15) is 52.9 Å². The molecule has 1 aliphatic carbocycles. The minimum atomic E-state index is -0.503. The van der Waals surface area contributed by atoms with Crippen LogP contribution in [0.2, 0.25) is 0 Å². The van der Waals surface area contributed by atoms with E-state index in [1.807, 2.05) is 20.8 Å². The second kappa shape index (κ2) is 8.99. The first-order valence-corrected chi connectivity index (χ1v) is 9.73. The van der Waals surface area contributed by atoms with Gasteiger partial charge in [0, 0.05) is 17.9 Å². The lowest BCUT2D eigenvalue weighted by molar-refractivity contribution is -0.126. The van der Waals surface area contributed by atoms with E-state index in [1.54, 1.807) is 0 Å². The number of likely N-dealkylation sites (tertiary alicyclic amines) is 1.